The van der Waals surface area contributed by atoms with E-state index in [0.717, 1.165) is 3.57 Å². The molecule has 0 saturated carbocycles. The van der Waals surface area contributed by atoms with Gasteiger partial charge in [0.25, 0.3) is 0 Å². The Bertz CT molecular complexity index is 584. The minimum absolute atomic E-state index is 0.161. The Morgan fingerprint density at radius 2 is 2.06 bits per heavy atom. The summed E-state index contributed by atoms with van der Waals surface area (Å²) in [5.41, 5.74) is 0.323. The van der Waals surface area contributed by atoms with Gasteiger partial charge in [-0.1, -0.05) is 0 Å². The van der Waals surface area contributed by atoms with E-state index in [-0.39, 0.29) is 11.1 Å². The van der Waals surface area contributed by atoms with Crippen molar-refractivity contribution in [3.05, 3.63) is 32.3 Å². The molecule has 1 aromatic carbocycles. The summed E-state index contributed by atoms with van der Waals surface area (Å²) in [5, 5.41) is 0. The molecule has 0 aliphatic rings. The molecule has 0 aliphatic carbocycles. The third kappa shape index (κ3) is 2.23. The third-order valence-corrected chi connectivity index (χ3v) is 2.64. The van der Waals surface area contributed by atoms with Crippen LogP contribution in [0.2, 0.25) is 0 Å². The number of fused-ring (bicyclic) bond motifs is 1. The summed E-state index contributed by atoms with van der Waals surface area (Å²) in [5.74, 6) is -0.991. The molecule has 0 saturated heterocycles. The predicted octanol–water partition coefficient (Wildman–Crippen LogP) is 2.76. The van der Waals surface area contributed by atoms with Crippen LogP contribution < -0.4 is 5.76 Å². The van der Waals surface area contributed by atoms with Crippen LogP contribution in [0.4, 0.5) is 13.2 Å². The number of aromatic nitrogens is 1. The second-order valence-corrected chi connectivity index (χ2v) is 4.43. The fourth-order valence-corrected chi connectivity index (χ4v) is 1.84. The quantitative estimate of drug-likeness (QED) is 0.747. The summed E-state index contributed by atoms with van der Waals surface area (Å²) in [6.45, 7) is -1.33. The molecular weight excluding hydrogens is 338 g/mol. The Morgan fingerprint density at radius 1 is 1.38 bits per heavy atom. The van der Waals surface area contributed by atoms with Crippen molar-refractivity contribution in [1.29, 1.82) is 0 Å². The topological polar surface area (TPSA) is 35.1 Å². The highest BCUT2D eigenvalue weighted by Crippen LogP contribution is 2.21. The van der Waals surface area contributed by atoms with Gasteiger partial charge in [0.2, 0.25) is 0 Å². The molecule has 0 N–H and O–H groups in total. The van der Waals surface area contributed by atoms with E-state index in [1.165, 1.54) is 12.1 Å². The van der Waals surface area contributed by atoms with E-state index in [4.69, 9.17) is 4.42 Å². The van der Waals surface area contributed by atoms with E-state index in [2.05, 4.69) is 0 Å². The molecule has 0 bridgehead atoms. The fraction of sp³-hybridized carbons (Fsp3) is 0.222. The Labute approximate surface area is 101 Å². The maximum atomic E-state index is 12.2. The zero-order valence-corrected chi connectivity index (χ0v) is 9.87. The normalized spacial score (nSPS) is 12.2. The molecule has 1 heterocycles. The second-order valence-electron chi connectivity index (χ2n) is 3.18. The summed E-state index contributed by atoms with van der Waals surface area (Å²) in [6.07, 6.45) is -4.44. The molecule has 0 amide bonds. The smallest absolute Gasteiger partial charge is 0.408 e. The summed E-state index contributed by atoms with van der Waals surface area (Å²) in [6, 6.07) is 4.61. The fourth-order valence-electron chi connectivity index (χ4n) is 1.36. The van der Waals surface area contributed by atoms with Gasteiger partial charge in [-0.25, -0.2) is 4.79 Å². The number of hydrogen-bond acceptors (Lipinski definition) is 2. The summed E-state index contributed by atoms with van der Waals surface area (Å²) in [7, 11) is 0. The van der Waals surface area contributed by atoms with Crippen LogP contribution in [0.1, 0.15) is 0 Å². The molecule has 0 atom stereocenters. The average Bonchev–Trinajstić information content (AvgIpc) is 2.42. The van der Waals surface area contributed by atoms with Crippen molar-refractivity contribution in [1.82, 2.24) is 4.57 Å². The molecule has 86 valence electrons. The Balaban J connectivity index is 2.63. The molecule has 7 heteroatoms. The molecule has 0 fully saturated rings. The lowest BCUT2D eigenvalue weighted by Crippen LogP contribution is -2.24. The zero-order chi connectivity index (χ0) is 11.9. The van der Waals surface area contributed by atoms with Gasteiger partial charge in [0.05, 0.1) is 5.52 Å². The van der Waals surface area contributed by atoms with Crippen LogP contribution in [-0.4, -0.2) is 10.7 Å². The highest BCUT2D eigenvalue weighted by Gasteiger charge is 2.30. The van der Waals surface area contributed by atoms with Gasteiger partial charge in [-0.15, -0.1) is 0 Å². The Morgan fingerprint density at radius 3 is 2.69 bits per heavy atom. The van der Waals surface area contributed by atoms with Crippen molar-refractivity contribution in [3.63, 3.8) is 0 Å². The van der Waals surface area contributed by atoms with Crippen LogP contribution in [0.5, 0.6) is 0 Å². The zero-order valence-electron chi connectivity index (χ0n) is 7.71. The van der Waals surface area contributed by atoms with E-state index >= 15 is 0 Å². The van der Waals surface area contributed by atoms with E-state index in [0.29, 0.717) is 4.57 Å². The first kappa shape index (κ1) is 11.5. The summed E-state index contributed by atoms with van der Waals surface area (Å²) >= 11 is 1.95. The van der Waals surface area contributed by atoms with E-state index in [9.17, 15) is 18.0 Å². The lowest BCUT2D eigenvalue weighted by molar-refractivity contribution is -0.140. The maximum absolute atomic E-state index is 12.2. The van der Waals surface area contributed by atoms with Crippen molar-refractivity contribution in [3.8, 4) is 0 Å². The molecule has 3 nitrogen and oxygen atoms in total. The largest absolute Gasteiger partial charge is 0.420 e. The first-order chi connectivity index (χ1) is 7.37. The summed E-state index contributed by atoms with van der Waals surface area (Å²) < 4.78 is 42.7. The van der Waals surface area contributed by atoms with Gasteiger partial charge >= 0.3 is 11.9 Å². The van der Waals surface area contributed by atoms with Crippen molar-refractivity contribution >= 4 is 33.7 Å². The first-order valence-corrected chi connectivity index (χ1v) is 5.30. The van der Waals surface area contributed by atoms with E-state index in [1.807, 2.05) is 22.6 Å². The number of benzene rings is 1. The number of rotatable bonds is 1. The van der Waals surface area contributed by atoms with Gasteiger partial charge < -0.3 is 4.42 Å². The average molecular weight is 343 g/mol. The molecule has 2 aromatic rings. The first-order valence-electron chi connectivity index (χ1n) is 4.22. The second kappa shape index (κ2) is 3.79. The van der Waals surface area contributed by atoms with Crippen LogP contribution in [0.15, 0.2) is 27.4 Å². The standard InChI is InChI=1S/C9H5F3INO2/c10-9(11,12)4-14-6-3-5(13)1-2-7(6)16-8(14)15/h1-3H,4H2. The van der Waals surface area contributed by atoms with Gasteiger partial charge in [0.1, 0.15) is 6.54 Å². The molecule has 1 aromatic heterocycles. The number of alkyl halides is 3. The molecule has 0 spiro atoms. The Hall–Kier alpha value is -0.990. The molecule has 16 heavy (non-hydrogen) atoms. The highest BCUT2D eigenvalue weighted by molar-refractivity contribution is 14.1. The summed E-state index contributed by atoms with van der Waals surface area (Å²) in [4.78, 5) is 11.2. The minimum atomic E-state index is -4.44. The van der Waals surface area contributed by atoms with Crippen LogP contribution in [-0.2, 0) is 6.54 Å². The van der Waals surface area contributed by atoms with Crippen molar-refractivity contribution in [2.24, 2.45) is 0 Å². The minimum Gasteiger partial charge on any atom is -0.408 e. The van der Waals surface area contributed by atoms with Gasteiger partial charge in [-0.05, 0) is 40.8 Å². The van der Waals surface area contributed by atoms with Gasteiger partial charge in [0.15, 0.2) is 5.58 Å². The highest BCUT2D eigenvalue weighted by atomic mass is 127. The van der Waals surface area contributed by atoms with Crippen LogP contribution in [0.3, 0.4) is 0 Å². The number of oxazole rings is 1. The molecule has 0 radical (unpaired) electrons. The number of halogens is 4. The van der Waals surface area contributed by atoms with Gasteiger partial charge in [-0.2, -0.15) is 13.2 Å². The maximum Gasteiger partial charge on any atom is 0.420 e. The number of hydrogen-bond donors (Lipinski definition) is 0. The van der Waals surface area contributed by atoms with Gasteiger partial charge in [-0.3, -0.25) is 4.57 Å². The van der Waals surface area contributed by atoms with Gasteiger partial charge in [0, 0.05) is 3.57 Å². The number of nitrogens with zero attached hydrogens (tertiary/aromatic N) is 1. The lowest BCUT2D eigenvalue weighted by atomic mass is 10.3. The van der Waals surface area contributed by atoms with E-state index in [1.54, 1.807) is 6.07 Å². The third-order valence-electron chi connectivity index (χ3n) is 1.97. The van der Waals surface area contributed by atoms with Crippen molar-refractivity contribution in [2.75, 3.05) is 0 Å². The molecule has 2 rings (SSSR count). The van der Waals surface area contributed by atoms with Crippen LogP contribution in [0.25, 0.3) is 11.1 Å². The van der Waals surface area contributed by atoms with Crippen molar-refractivity contribution < 1.29 is 17.6 Å². The Kier molecular flexibility index (Phi) is 2.72. The SMILES string of the molecule is O=c1oc2ccc(I)cc2n1CC(F)(F)F. The monoisotopic (exact) mass is 343 g/mol. The molecule has 0 unspecified atom stereocenters. The lowest BCUT2D eigenvalue weighted by Gasteiger charge is -2.06. The predicted molar refractivity (Wildman–Crippen MR) is 59.2 cm³/mol. The van der Waals surface area contributed by atoms with Crippen LogP contribution >= 0.6 is 22.6 Å². The van der Waals surface area contributed by atoms with Crippen molar-refractivity contribution in [2.45, 2.75) is 12.7 Å². The van der Waals surface area contributed by atoms with E-state index < -0.39 is 18.5 Å². The molecular formula is C9H5F3INO2. The van der Waals surface area contributed by atoms with Crippen LogP contribution in [0, 0.1) is 3.57 Å². The molecule has 0 aliphatic heterocycles.